The maximum atomic E-state index is 10.2. The van der Waals surface area contributed by atoms with Gasteiger partial charge in [0.1, 0.15) is 0 Å². The monoisotopic (exact) mass is 238 g/mol. The van der Waals surface area contributed by atoms with Crippen molar-refractivity contribution in [3.05, 3.63) is 24.3 Å². The minimum Gasteiger partial charge on any atom is -0.390 e. The third-order valence-corrected chi connectivity index (χ3v) is 3.72. The fourth-order valence-corrected chi connectivity index (χ4v) is 3.05. The van der Waals surface area contributed by atoms with Crippen LogP contribution in [0.25, 0.3) is 0 Å². The van der Waals surface area contributed by atoms with Crippen LogP contribution in [0.2, 0.25) is 0 Å². The van der Waals surface area contributed by atoms with Crippen LogP contribution >= 0.6 is 0 Å². The Balaban J connectivity index is 2.90. The summed E-state index contributed by atoms with van der Waals surface area (Å²) in [6.07, 6.45) is 5.12. The summed E-state index contributed by atoms with van der Waals surface area (Å²) in [7, 11) is 0. The Hall–Kier alpha value is -0.600. The highest BCUT2D eigenvalue weighted by Gasteiger charge is 2.36. The normalized spacial score (nSPS) is 31.9. The maximum absolute atomic E-state index is 10.2. The SMILES string of the molecule is C=CC(C)C1C(CC(C)(C)O)CC(C)=C[C@H]1O. The summed E-state index contributed by atoms with van der Waals surface area (Å²) in [5.41, 5.74) is 0.542. The lowest BCUT2D eigenvalue weighted by Gasteiger charge is -2.39. The second-order valence-corrected chi connectivity index (χ2v) is 6.16. The van der Waals surface area contributed by atoms with Gasteiger partial charge in [0.05, 0.1) is 11.7 Å². The Morgan fingerprint density at radius 2 is 2.18 bits per heavy atom. The smallest absolute Gasteiger partial charge is 0.0759 e. The predicted octanol–water partition coefficient (Wildman–Crippen LogP) is 2.91. The lowest BCUT2D eigenvalue weighted by Crippen LogP contribution is -2.38. The molecule has 0 aromatic rings. The van der Waals surface area contributed by atoms with Crippen molar-refractivity contribution in [2.75, 3.05) is 0 Å². The average Bonchev–Trinajstić information content (AvgIpc) is 2.13. The molecule has 3 unspecified atom stereocenters. The minimum absolute atomic E-state index is 0.169. The van der Waals surface area contributed by atoms with Crippen molar-refractivity contribution < 1.29 is 10.2 Å². The minimum atomic E-state index is -0.679. The van der Waals surface area contributed by atoms with Gasteiger partial charge in [0.2, 0.25) is 0 Å². The average molecular weight is 238 g/mol. The molecule has 2 N–H and O–H groups in total. The summed E-state index contributed by atoms with van der Waals surface area (Å²) in [5.74, 6) is 0.757. The number of hydrogen-bond donors (Lipinski definition) is 2. The zero-order chi connectivity index (χ0) is 13.2. The Morgan fingerprint density at radius 1 is 1.59 bits per heavy atom. The standard InChI is InChI=1S/C15H26O2/c1-6-11(3)14-12(9-15(4,5)17)7-10(2)8-13(14)16/h6,8,11-14,16-17H,1,7,9H2,2-5H3/t11?,12?,13-,14?/m1/s1. The van der Waals surface area contributed by atoms with Crippen molar-refractivity contribution >= 4 is 0 Å². The van der Waals surface area contributed by atoms with E-state index < -0.39 is 11.7 Å². The molecule has 0 saturated carbocycles. The van der Waals surface area contributed by atoms with Gasteiger partial charge in [-0.05, 0) is 51.4 Å². The van der Waals surface area contributed by atoms with Gasteiger partial charge in [0.15, 0.2) is 0 Å². The van der Waals surface area contributed by atoms with E-state index in [1.807, 2.05) is 26.0 Å². The summed E-state index contributed by atoms with van der Waals surface area (Å²) < 4.78 is 0. The van der Waals surface area contributed by atoms with Crippen molar-refractivity contribution in [1.29, 1.82) is 0 Å². The molecule has 0 bridgehead atoms. The molecular formula is C15H26O2. The molecule has 0 aromatic heterocycles. The topological polar surface area (TPSA) is 40.5 Å². The van der Waals surface area contributed by atoms with E-state index in [0.29, 0.717) is 5.92 Å². The number of aliphatic hydroxyl groups excluding tert-OH is 1. The van der Waals surface area contributed by atoms with Crippen LogP contribution < -0.4 is 0 Å². The Morgan fingerprint density at radius 3 is 2.65 bits per heavy atom. The van der Waals surface area contributed by atoms with E-state index >= 15 is 0 Å². The first-order valence-electron chi connectivity index (χ1n) is 6.45. The van der Waals surface area contributed by atoms with Gasteiger partial charge >= 0.3 is 0 Å². The molecule has 98 valence electrons. The molecular weight excluding hydrogens is 212 g/mol. The summed E-state index contributed by atoms with van der Waals surface area (Å²) in [4.78, 5) is 0. The molecule has 0 aliphatic heterocycles. The highest BCUT2D eigenvalue weighted by molar-refractivity contribution is 5.12. The molecule has 2 nitrogen and oxygen atoms in total. The van der Waals surface area contributed by atoms with Crippen LogP contribution in [0.3, 0.4) is 0 Å². The molecule has 1 aliphatic carbocycles. The van der Waals surface area contributed by atoms with Crippen LogP contribution in [0.4, 0.5) is 0 Å². The van der Waals surface area contributed by atoms with E-state index in [1.54, 1.807) is 0 Å². The Kier molecular flexibility index (Phi) is 4.56. The van der Waals surface area contributed by atoms with Crippen molar-refractivity contribution in [3.8, 4) is 0 Å². The quantitative estimate of drug-likeness (QED) is 0.739. The van der Waals surface area contributed by atoms with Gasteiger partial charge in [-0.2, -0.15) is 0 Å². The van der Waals surface area contributed by atoms with E-state index in [9.17, 15) is 10.2 Å². The van der Waals surface area contributed by atoms with Crippen LogP contribution in [0.5, 0.6) is 0 Å². The molecule has 0 aromatic carbocycles. The zero-order valence-corrected chi connectivity index (χ0v) is 11.5. The molecule has 2 heteroatoms. The molecule has 4 atom stereocenters. The molecule has 1 rings (SSSR count). The summed E-state index contributed by atoms with van der Waals surface area (Å²) in [6.45, 7) is 11.6. The number of rotatable bonds is 4. The predicted molar refractivity (Wildman–Crippen MR) is 71.6 cm³/mol. The maximum Gasteiger partial charge on any atom is 0.0759 e. The second-order valence-electron chi connectivity index (χ2n) is 6.16. The van der Waals surface area contributed by atoms with Gasteiger partial charge in [-0.1, -0.05) is 24.6 Å². The highest BCUT2D eigenvalue weighted by Crippen LogP contribution is 2.39. The van der Waals surface area contributed by atoms with E-state index in [1.165, 1.54) is 5.57 Å². The molecule has 0 spiro atoms. The zero-order valence-electron chi connectivity index (χ0n) is 11.5. The van der Waals surface area contributed by atoms with Gasteiger partial charge in [-0.3, -0.25) is 0 Å². The molecule has 0 amide bonds. The fourth-order valence-electron chi connectivity index (χ4n) is 3.05. The Labute approximate surface area is 105 Å². The van der Waals surface area contributed by atoms with Crippen LogP contribution in [0, 0.1) is 17.8 Å². The Bertz CT molecular complexity index is 299. The first-order chi connectivity index (χ1) is 7.74. The van der Waals surface area contributed by atoms with Crippen LogP contribution in [-0.2, 0) is 0 Å². The first-order valence-corrected chi connectivity index (χ1v) is 6.45. The van der Waals surface area contributed by atoms with E-state index in [4.69, 9.17) is 0 Å². The van der Waals surface area contributed by atoms with E-state index in [2.05, 4.69) is 20.4 Å². The molecule has 0 saturated heterocycles. The van der Waals surface area contributed by atoms with Crippen LogP contribution in [0.1, 0.15) is 40.5 Å². The third-order valence-electron chi connectivity index (χ3n) is 3.72. The second kappa shape index (κ2) is 5.36. The van der Waals surface area contributed by atoms with E-state index in [0.717, 1.165) is 12.8 Å². The molecule has 0 heterocycles. The van der Waals surface area contributed by atoms with E-state index in [-0.39, 0.29) is 11.8 Å². The third kappa shape index (κ3) is 3.97. The van der Waals surface area contributed by atoms with Crippen LogP contribution in [0.15, 0.2) is 24.3 Å². The van der Waals surface area contributed by atoms with Crippen molar-refractivity contribution in [3.63, 3.8) is 0 Å². The van der Waals surface area contributed by atoms with Gasteiger partial charge in [-0.15, -0.1) is 6.58 Å². The van der Waals surface area contributed by atoms with Crippen molar-refractivity contribution in [1.82, 2.24) is 0 Å². The number of aliphatic hydroxyl groups is 2. The lowest BCUT2D eigenvalue weighted by molar-refractivity contribution is 0.00711. The summed E-state index contributed by atoms with van der Waals surface area (Å²) in [5, 5.41) is 20.2. The molecule has 17 heavy (non-hydrogen) atoms. The molecule has 0 radical (unpaired) electrons. The number of allylic oxidation sites excluding steroid dienone is 2. The number of hydrogen-bond acceptors (Lipinski definition) is 2. The summed E-state index contributed by atoms with van der Waals surface area (Å²) >= 11 is 0. The van der Waals surface area contributed by atoms with Crippen molar-refractivity contribution in [2.24, 2.45) is 17.8 Å². The molecule has 0 fully saturated rings. The van der Waals surface area contributed by atoms with Gasteiger partial charge in [-0.25, -0.2) is 0 Å². The molecule has 1 aliphatic rings. The fraction of sp³-hybridized carbons (Fsp3) is 0.733. The highest BCUT2D eigenvalue weighted by atomic mass is 16.3. The summed E-state index contributed by atoms with van der Waals surface area (Å²) in [6, 6.07) is 0. The first kappa shape index (κ1) is 14.5. The largest absolute Gasteiger partial charge is 0.390 e. The van der Waals surface area contributed by atoms with Gasteiger partial charge < -0.3 is 10.2 Å². The van der Waals surface area contributed by atoms with Gasteiger partial charge in [0, 0.05) is 0 Å². The van der Waals surface area contributed by atoms with Crippen molar-refractivity contribution in [2.45, 2.75) is 52.2 Å². The van der Waals surface area contributed by atoms with Crippen LogP contribution in [-0.4, -0.2) is 21.9 Å². The lowest BCUT2D eigenvalue weighted by atomic mass is 9.69. The van der Waals surface area contributed by atoms with Gasteiger partial charge in [0.25, 0.3) is 0 Å².